The number of anilines is 1. The highest BCUT2D eigenvalue weighted by Crippen LogP contribution is 2.19. The van der Waals surface area contributed by atoms with Gasteiger partial charge in [0.05, 0.1) is 13.2 Å². The molecule has 0 aliphatic heterocycles. The summed E-state index contributed by atoms with van der Waals surface area (Å²) in [7, 11) is 1.61. The van der Waals surface area contributed by atoms with Crippen LogP contribution in [0.2, 0.25) is 0 Å². The first-order valence-electron chi connectivity index (χ1n) is 7.68. The van der Waals surface area contributed by atoms with E-state index in [-0.39, 0.29) is 0 Å². The predicted octanol–water partition coefficient (Wildman–Crippen LogP) is 1.88. The van der Waals surface area contributed by atoms with Crippen molar-refractivity contribution in [3.63, 3.8) is 0 Å². The first-order valence-corrected chi connectivity index (χ1v) is 7.68. The van der Waals surface area contributed by atoms with Gasteiger partial charge in [0, 0.05) is 25.3 Å². The van der Waals surface area contributed by atoms with Crippen molar-refractivity contribution in [2.24, 2.45) is 5.73 Å². The third kappa shape index (κ3) is 5.47. The maximum absolute atomic E-state index is 5.89. The molecule has 0 unspecified atom stereocenters. The van der Waals surface area contributed by atoms with E-state index in [1.165, 1.54) is 0 Å². The van der Waals surface area contributed by atoms with Gasteiger partial charge >= 0.3 is 0 Å². The number of methoxy groups -OCH3 is 1. The Kier molecular flexibility index (Phi) is 6.20. The topological polar surface area (TPSA) is 82.3 Å². The lowest BCUT2D eigenvalue weighted by molar-refractivity contribution is 0.0251. The van der Waals surface area contributed by atoms with Gasteiger partial charge < -0.3 is 20.5 Å². The number of nitrogens with zero attached hydrogens (tertiary/aromatic N) is 2. The van der Waals surface area contributed by atoms with Crippen LogP contribution in [-0.4, -0.2) is 42.4 Å². The van der Waals surface area contributed by atoms with Gasteiger partial charge in [-0.05, 0) is 39.0 Å². The van der Waals surface area contributed by atoms with Crippen LogP contribution in [0.25, 0.3) is 0 Å². The molecule has 1 aliphatic carbocycles. The summed E-state index contributed by atoms with van der Waals surface area (Å²) in [6, 6.07) is 2.18. The highest BCUT2D eigenvalue weighted by atomic mass is 16.5. The molecule has 0 bridgehead atoms. The Morgan fingerprint density at radius 2 is 2.05 bits per heavy atom. The van der Waals surface area contributed by atoms with Gasteiger partial charge in [-0.25, -0.2) is 4.98 Å². The maximum Gasteiger partial charge on any atom is 0.218 e. The number of nitrogens with one attached hydrogen (secondary N) is 1. The highest BCUT2D eigenvalue weighted by molar-refractivity contribution is 5.38. The van der Waals surface area contributed by atoms with Gasteiger partial charge in [0.2, 0.25) is 5.88 Å². The molecule has 1 aromatic rings. The van der Waals surface area contributed by atoms with Crippen molar-refractivity contribution in [1.82, 2.24) is 9.97 Å². The lowest BCUT2D eigenvalue weighted by atomic mass is 9.94. The molecular weight excluding hydrogens is 268 g/mol. The Morgan fingerprint density at radius 3 is 2.76 bits per heavy atom. The molecule has 0 atom stereocenters. The minimum atomic E-state index is 0.377. The number of nitrogens with two attached hydrogens (primary N) is 1. The Bertz CT molecular complexity index is 434. The van der Waals surface area contributed by atoms with E-state index in [9.17, 15) is 0 Å². The largest absolute Gasteiger partial charge is 0.481 e. The van der Waals surface area contributed by atoms with E-state index in [1.54, 1.807) is 13.2 Å². The molecule has 1 saturated carbocycles. The van der Waals surface area contributed by atoms with Crippen molar-refractivity contribution in [2.75, 3.05) is 25.6 Å². The average Bonchev–Trinajstić information content (AvgIpc) is 2.48. The monoisotopic (exact) mass is 294 g/mol. The molecule has 0 spiro atoms. The Labute approximate surface area is 126 Å². The van der Waals surface area contributed by atoms with E-state index in [2.05, 4.69) is 15.3 Å². The smallest absolute Gasteiger partial charge is 0.218 e. The normalized spacial score (nSPS) is 22.0. The Hall–Kier alpha value is -1.40. The van der Waals surface area contributed by atoms with Gasteiger partial charge in [0.15, 0.2) is 0 Å². The molecule has 0 radical (unpaired) electrons. The van der Waals surface area contributed by atoms with Crippen molar-refractivity contribution < 1.29 is 9.47 Å². The lowest BCUT2D eigenvalue weighted by Crippen LogP contribution is -2.30. The van der Waals surface area contributed by atoms with Gasteiger partial charge in [-0.3, -0.25) is 0 Å². The summed E-state index contributed by atoms with van der Waals surface area (Å²) in [5.41, 5.74) is 5.89. The second-order valence-electron chi connectivity index (χ2n) is 5.53. The second kappa shape index (κ2) is 8.14. The van der Waals surface area contributed by atoms with Gasteiger partial charge in [-0.2, -0.15) is 4.98 Å². The van der Waals surface area contributed by atoms with Crippen molar-refractivity contribution in [3.05, 3.63) is 11.9 Å². The average molecular weight is 294 g/mol. The first-order chi connectivity index (χ1) is 10.2. The van der Waals surface area contributed by atoms with Crippen LogP contribution in [0.5, 0.6) is 5.88 Å². The maximum atomic E-state index is 5.89. The molecule has 6 heteroatoms. The Morgan fingerprint density at radius 1 is 1.29 bits per heavy atom. The van der Waals surface area contributed by atoms with Gasteiger partial charge in [0.1, 0.15) is 11.6 Å². The van der Waals surface area contributed by atoms with E-state index in [0.29, 0.717) is 23.9 Å². The molecule has 2 rings (SSSR count). The predicted molar refractivity (Wildman–Crippen MR) is 82.6 cm³/mol. The zero-order chi connectivity index (χ0) is 15.1. The molecule has 21 heavy (non-hydrogen) atoms. The van der Waals surface area contributed by atoms with Crippen LogP contribution in [0.1, 0.15) is 37.9 Å². The standard InChI is InChI=1S/C15H26N4O2/c1-11-18-14(10-15(19-11)20-2)17-8-3-9-21-13-6-4-12(16)5-7-13/h10,12-13H,3-9,16H2,1-2H3,(H,17,18,19). The minimum Gasteiger partial charge on any atom is -0.481 e. The minimum absolute atomic E-state index is 0.377. The molecule has 3 N–H and O–H groups in total. The fraction of sp³-hybridized carbons (Fsp3) is 0.733. The molecule has 0 saturated heterocycles. The lowest BCUT2D eigenvalue weighted by Gasteiger charge is -2.26. The fourth-order valence-electron chi connectivity index (χ4n) is 2.53. The second-order valence-corrected chi connectivity index (χ2v) is 5.53. The van der Waals surface area contributed by atoms with E-state index in [1.807, 2.05) is 6.92 Å². The van der Waals surface area contributed by atoms with E-state index in [0.717, 1.165) is 51.1 Å². The van der Waals surface area contributed by atoms with Crippen LogP contribution in [0.15, 0.2) is 6.07 Å². The van der Waals surface area contributed by atoms with E-state index >= 15 is 0 Å². The van der Waals surface area contributed by atoms with Crippen LogP contribution in [0.3, 0.4) is 0 Å². The van der Waals surface area contributed by atoms with Gasteiger partial charge in [-0.1, -0.05) is 0 Å². The molecule has 0 aromatic carbocycles. The fourth-order valence-corrected chi connectivity index (χ4v) is 2.53. The highest BCUT2D eigenvalue weighted by Gasteiger charge is 2.18. The molecular formula is C15H26N4O2. The van der Waals surface area contributed by atoms with Gasteiger partial charge in [-0.15, -0.1) is 0 Å². The number of aryl methyl sites for hydroxylation is 1. The SMILES string of the molecule is COc1cc(NCCCOC2CCC(N)CC2)nc(C)n1. The summed E-state index contributed by atoms with van der Waals surface area (Å²) in [5.74, 6) is 2.08. The number of rotatable bonds is 7. The van der Waals surface area contributed by atoms with Crippen molar-refractivity contribution in [2.45, 2.75) is 51.2 Å². The van der Waals surface area contributed by atoms with E-state index in [4.69, 9.17) is 15.2 Å². The zero-order valence-corrected chi connectivity index (χ0v) is 13.0. The van der Waals surface area contributed by atoms with Crippen molar-refractivity contribution >= 4 is 5.82 Å². The molecule has 1 fully saturated rings. The van der Waals surface area contributed by atoms with Crippen LogP contribution < -0.4 is 15.8 Å². The summed E-state index contributed by atoms with van der Waals surface area (Å²) < 4.78 is 11.0. The summed E-state index contributed by atoms with van der Waals surface area (Å²) in [6.07, 6.45) is 5.71. The molecule has 1 aliphatic rings. The van der Waals surface area contributed by atoms with Crippen LogP contribution in [0.4, 0.5) is 5.82 Å². The molecule has 1 aromatic heterocycles. The third-order valence-electron chi connectivity index (χ3n) is 3.72. The van der Waals surface area contributed by atoms with Crippen molar-refractivity contribution in [3.8, 4) is 5.88 Å². The van der Waals surface area contributed by atoms with Crippen LogP contribution in [0, 0.1) is 6.92 Å². The van der Waals surface area contributed by atoms with Gasteiger partial charge in [0.25, 0.3) is 0 Å². The van der Waals surface area contributed by atoms with E-state index < -0.39 is 0 Å². The summed E-state index contributed by atoms with van der Waals surface area (Å²) >= 11 is 0. The summed E-state index contributed by atoms with van der Waals surface area (Å²) in [5, 5.41) is 3.27. The zero-order valence-electron chi connectivity index (χ0n) is 13.0. The van der Waals surface area contributed by atoms with Crippen molar-refractivity contribution in [1.29, 1.82) is 0 Å². The first kappa shape index (κ1) is 16.0. The quantitative estimate of drug-likeness (QED) is 0.747. The molecule has 0 amide bonds. The number of ether oxygens (including phenoxy) is 2. The number of hydrogen-bond acceptors (Lipinski definition) is 6. The Balaban J connectivity index is 1.62. The third-order valence-corrected chi connectivity index (χ3v) is 3.72. The number of aromatic nitrogens is 2. The summed E-state index contributed by atoms with van der Waals surface area (Å²) in [4.78, 5) is 8.48. The molecule has 1 heterocycles. The molecule has 6 nitrogen and oxygen atoms in total. The number of hydrogen-bond donors (Lipinski definition) is 2. The van der Waals surface area contributed by atoms with Crippen LogP contribution in [-0.2, 0) is 4.74 Å². The van der Waals surface area contributed by atoms with Crippen LogP contribution >= 0.6 is 0 Å². The summed E-state index contributed by atoms with van der Waals surface area (Å²) in [6.45, 7) is 3.45. The molecule has 118 valence electrons.